The van der Waals surface area contributed by atoms with Crippen molar-refractivity contribution in [2.24, 2.45) is 20.5 Å². The van der Waals surface area contributed by atoms with Crippen molar-refractivity contribution < 1.29 is 210 Å². The summed E-state index contributed by atoms with van der Waals surface area (Å²) in [5, 5.41) is 70.1. The van der Waals surface area contributed by atoms with Gasteiger partial charge in [-0.15, -0.1) is 24.0 Å². The molecule has 0 bridgehead atoms. The minimum absolute atomic E-state index is 0. The third-order valence-electron chi connectivity index (χ3n) is 8.15. The standard InChI is InChI=1S/C33H30N6O20S6.4Na/c34-26-11-10-24-25(30(26)38-36-21-3-1-19(2-4-21)33(41)35-20-5-7-22(8-6-20)63(45,46)15-13-52-61-58-55-43)18-28(60-57-54-42)31(32(24)40)39-37-27-12-9-23(17-29(27)65(49,50)51)64(47,48)16-14-53-62-59-56-44;;;;/h1-12,17-18,40,42-44H,13-16,34H2,(H,35,41)(H,49,50,51);;;;/q;4*+1/p-4. The molecule has 0 aromatic heterocycles. The second-order valence-electron chi connectivity index (χ2n) is 12.1. The Labute approximate surface area is 493 Å². The van der Waals surface area contributed by atoms with E-state index in [1.54, 1.807) is 0 Å². The number of carbonyl (C=O) groups is 1. The number of phenols is 1. The van der Waals surface area contributed by atoms with Crippen molar-refractivity contribution in [2.45, 2.75) is 19.6 Å². The number of hydrogen-bond acceptors (Lipinski definition) is 28. The Morgan fingerprint density at radius 2 is 1.20 bits per heavy atom. The van der Waals surface area contributed by atoms with Gasteiger partial charge in [-0.2, -0.15) is 9.45 Å². The van der Waals surface area contributed by atoms with E-state index in [4.69, 9.17) is 9.92 Å². The third-order valence-corrected chi connectivity index (χ3v) is 13.7. The first-order chi connectivity index (χ1) is 31.0. The van der Waals surface area contributed by atoms with Crippen molar-refractivity contribution in [2.75, 3.05) is 35.8 Å². The van der Waals surface area contributed by atoms with E-state index < -0.39 is 80.7 Å². The number of phenolic OH excluding ortho intramolecular Hbond substituents is 1. The number of nitrogens with one attached hydrogen (secondary N) is 1. The molecule has 69 heavy (non-hydrogen) atoms. The van der Waals surface area contributed by atoms with Gasteiger partial charge in [0, 0.05) is 22.0 Å². The van der Waals surface area contributed by atoms with Gasteiger partial charge in [-0.1, -0.05) is 0 Å². The van der Waals surface area contributed by atoms with E-state index in [9.17, 15) is 55.5 Å². The van der Waals surface area contributed by atoms with E-state index in [0.29, 0.717) is 6.07 Å². The predicted molar refractivity (Wildman–Crippen MR) is 217 cm³/mol. The zero-order valence-electron chi connectivity index (χ0n) is 35.9. The number of fused-ring (bicyclic) bond motifs is 1. The Kier molecular flexibility index (Phi) is 30.4. The van der Waals surface area contributed by atoms with Crippen LogP contribution in [0.5, 0.6) is 5.75 Å². The Balaban J connectivity index is 0.00000595. The summed E-state index contributed by atoms with van der Waals surface area (Å²) in [5.41, 5.74) is 5.83. The number of sulfone groups is 2. The SMILES string of the molecule is Nc1ccc2c(O)c(N=Nc3ccc(S(=O)(=O)CCOSOO[O-])cc3S(=O)(=O)[O-])c(SOO[O-])cc2c1N=Nc1ccc(C(=O)Nc2ccc(S(=O)(=O)CCOSOO[O-])cc2)cc1.[Na+].[Na+].[Na+].[Na+]. The van der Waals surface area contributed by atoms with Gasteiger partial charge in [0.25, 0.3) is 5.91 Å². The average Bonchev–Trinajstić information content (AvgIpc) is 3.27. The molecule has 1 amide bonds. The van der Waals surface area contributed by atoms with Crippen LogP contribution in [-0.4, -0.2) is 65.5 Å². The van der Waals surface area contributed by atoms with Crippen LogP contribution in [0.4, 0.5) is 34.1 Å². The summed E-state index contributed by atoms with van der Waals surface area (Å²) in [4.78, 5) is 11.0. The monoisotopic (exact) mass is 1110 g/mol. The molecule has 5 rings (SSSR count). The van der Waals surface area contributed by atoms with E-state index in [1.165, 1.54) is 66.7 Å². The van der Waals surface area contributed by atoms with Gasteiger partial charge in [0.05, 0.1) is 67.7 Å². The first kappa shape index (κ1) is 66.1. The number of aromatic hydroxyl groups is 1. The Hall–Kier alpha value is -0.950. The van der Waals surface area contributed by atoms with E-state index in [2.05, 4.69) is 58.1 Å². The van der Waals surface area contributed by atoms with Gasteiger partial charge < -0.3 is 36.5 Å². The second kappa shape index (κ2) is 31.7. The summed E-state index contributed by atoms with van der Waals surface area (Å²) in [7, 11) is -13.5. The van der Waals surface area contributed by atoms with Crippen LogP contribution in [0.25, 0.3) is 10.8 Å². The number of amides is 1. The molecular formula is C33H26N6Na4O20S6. The van der Waals surface area contributed by atoms with E-state index in [-0.39, 0.29) is 210 Å². The zero-order valence-corrected chi connectivity index (χ0v) is 48.8. The first-order valence-electron chi connectivity index (χ1n) is 17.1. The molecule has 26 nitrogen and oxygen atoms in total. The molecule has 0 aliphatic carbocycles. The Bertz CT molecular complexity index is 2900. The molecule has 36 heteroatoms. The quantitative estimate of drug-likeness (QED) is 0.00755. The molecule has 4 N–H and O–H groups in total. The van der Waals surface area contributed by atoms with Crippen LogP contribution in [-0.2, 0) is 66.3 Å². The number of azo groups is 2. The van der Waals surface area contributed by atoms with Gasteiger partial charge in [0.2, 0.25) is 0 Å². The van der Waals surface area contributed by atoms with Crippen LogP contribution >= 0.6 is 36.7 Å². The zero-order chi connectivity index (χ0) is 47.2. The van der Waals surface area contributed by atoms with Crippen LogP contribution in [0.1, 0.15) is 10.4 Å². The first-order valence-corrected chi connectivity index (χ1v) is 23.9. The fraction of sp³-hybridized carbons (Fsp3) is 0.121. The van der Waals surface area contributed by atoms with Gasteiger partial charge in [-0.05, 0) is 84.9 Å². The second-order valence-corrected chi connectivity index (χ2v) is 19.4. The topological polar surface area (TPSA) is 393 Å². The number of carbonyl (C=O) groups excluding carboxylic acids is 1. The summed E-state index contributed by atoms with van der Waals surface area (Å²) >= 11 is 0.442. The molecule has 5 aromatic rings. The number of hydrogen-bond donors (Lipinski definition) is 3. The molecule has 0 unspecified atom stereocenters. The molecule has 0 saturated heterocycles. The minimum atomic E-state index is -5.41. The maximum absolute atomic E-state index is 12.9. The Morgan fingerprint density at radius 1 is 0.652 bits per heavy atom. The van der Waals surface area contributed by atoms with Crippen molar-refractivity contribution in [1.82, 2.24) is 0 Å². The van der Waals surface area contributed by atoms with Crippen molar-refractivity contribution in [3.63, 3.8) is 0 Å². The number of nitrogens with two attached hydrogens (primary N) is 1. The maximum Gasteiger partial charge on any atom is 1.00 e. The molecule has 0 radical (unpaired) electrons. The van der Waals surface area contributed by atoms with Gasteiger partial charge in [-0.25, -0.2) is 25.3 Å². The molecule has 0 saturated carbocycles. The molecular weight excluding hydrogens is 1080 g/mol. The van der Waals surface area contributed by atoms with Crippen molar-refractivity contribution in [1.29, 1.82) is 0 Å². The summed E-state index contributed by atoms with van der Waals surface area (Å²) in [5.74, 6) is -2.39. The summed E-state index contributed by atoms with van der Waals surface area (Å²) in [6.45, 7) is -0.855. The van der Waals surface area contributed by atoms with Crippen LogP contribution in [0.2, 0.25) is 0 Å². The summed E-state index contributed by atoms with van der Waals surface area (Å²) in [6.07, 6.45) is 0. The normalized spacial score (nSPS) is 11.7. The fourth-order valence-electron chi connectivity index (χ4n) is 5.21. The largest absolute Gasteiger partial charge is 1.00 e. The van der Waals surface area contributed by atoms with Gasteiger partial charge in [0.1, 0.15) is 27.2 Å². The molecule has 0 fully saturated rings. The Morgan fingerprint density at radius 3 is 1.77 bits per heavy atom. The van der Waals surface area contributed by atoms with E-state index >= 15 is 0 Å². The number of rotatable bonds is 24. The minimum Gasteiger partial charge on any atom is -0.744 e. The van der Waals surface area contributed by atoms with Gasteiger partial charge >= 0.3 is 118 Å². The van der Waals surface area contributed by atoms with Crippen molar-refractivity contribution in [3.8, 4) is 5.75 Å². The van der Waals surface area contributed by atoms with Crippen LogP contribution in [0, 0.1) is 0 Å². The molecule has 0 aliphatic rings. The van der Waals surface area contributed by atoms with Gasteiger partial charge in [0.15, 0.2) is 50.1 Å². The number of nitrogens with zero attached hydrogens (tertiary/aromatic N) is 4. The molecule has 5 aromatic carbocycles. The van der Waals surface area contributed by atoms with Crippen molar-refractivity contribution in [3.05, 3.63) is 90.5 Å². The molecule has 348 valence electrons. The fourth-order valence-corrected chi connectivity index (χ4v) is 9.24. The number of benzene rings is 5. The average molecular weight is 1110 g/mol. The molecule has 0 heterocycles. The molecule has 0 atom stereocenters. The molecule has 0 aliphatic heterocycles. The number of anilines is 2. The smallest absolute Gasteiger partial charge is 0.744 e. The van der Waals surface area contributed by atoms with Crippen LogP contribution in [0.3, 0.4) is 0 Å². The summed E-state index contributed by atoms with van der Waals surface area (Å²) < 4.78 is 109. The summed E-state index contributed by atoms with van der Waals surface area (Å²) in [6, 6.07) is 17.3. The van der Waals surface area contributed by atoms with Gasteiger partial charge in [-0.3, -0.25) is 28.3 Å². The van der Waals surface area contributed by atoms with Crippen LogP contribution < -0.4 is 145 Å². The van der Waals surface area contributed by atoms with E-state index in [1.807, 2.05) is 0 Å². The maximum atomic E-state index is 12.9. The third kappa shape index (κ3) is 19.4. The number of nitrogen functional groups attached to an aromatic ring is 1. The predicted octanol–water partition coefficient (Wildman–Crippen LogP) is -8.48. The molecule has 0 spiro atoms. The van der Waals surface area contributed by atoms with Crippen molar-refractivity contribution >= 4 is 117 Å². The van der Waals surface area contributed by atoms with E-state index in [0.717, 1.165) is 12.1 Å². The van der Waals surface area contributed by atoms with Crippen LogP contribution in [0.15, 0.2) is 125 Å².